The first-order valence-electron chi connectivity index (χ1n) is 9.82. The molecule has 0 unspecified atom stereocenters. The van der Waals surface area contributed by atoms with E-state index >= 15 is 0 Å². The zero-order valence-electron chi connectivity index (χ0n) is 17.9. The van der Waals surface area contributed by atoms with E-state index in [0.29, 0.717) is 40.6 Å². The lowest BCUT2D eigenvalue weighted by molar-refractivity contribution is 0.101. The van der Waals surface area contributed by atoms with Gasteiger partial charge in [0.2, 0.25) is 0 Å². The fourth-order valence-electron chi connectivity index (χ4n) is 2.96. The SMILES string of the molecule is CCOc1ccc(NC(=O)c2ccc(NC(=O)c3cc(Cl)c(OC)c(OC)c3)cc2)cc1. The molecule has 0 bridgehead atoms. The first-order valence-corrected chi connectivity index (χ1v) is 10.2. The summed E-state index contributed by atoms with van der Waals surface area (Å²) in [6.07, 6.45) is 0. The number of benzene rings is 3. The molecular weight excluding hydrogens is 432 g/mol. The van der Waals surface area contributed by atoms with Crippen molar-refractivity contribution in [3.8, 4) is 17.2 Å². The van der Waals surface area contributed by atoms with Crippen LogP contribution in [0.5, 0.6) is 17.2 Å². The van der Waals surface area contributed by atoms with Crippen molar-refractivity contribution in [2.45, 2.75) is 6.92 Å². The van der Waals surface area contributed by atoms with Crippen LogP contribution in [0.15, 0.2) is 60.7 Å². The maximum atomic E-state index is 12.6. The predicted octanol–water partition coefficient (Wildman–Crippen LogP) is 5.26. The molecule has 2 N–H and O–H groups in total. The molecule has 3 aromatic rings. The van der Waals surface area contributed by atoms with E-state index < -0.39 is 0 Å². The van der Waals surface area contributed by atoms with Crippen molar-refractivity contribution in [3.63, 3.8) is 0 Å². The highest BCUT2D eigenvalue weighted by atomic mass is 35.5. The second kappa shape index (κ2) is 10.5. The Morgan fingerprint density at radius 1 is 0.812 bits per heavy atom. The maximum absolute atomic E-state index is 12.6. The number of methoxy groups -OCH3 is 2. The summed E-state index contributed by atoms with van der Waals surface area (Å²) in [4.78, 5) is 25.1. The Kier molecular flexibility index (Phi) is 7.57. The molecule has 166 valence electrons. The first-order chi connectivity index (χ1) is 15.4. The molecule has 0 aliphatic carbocycles. The third-order valence-corrected chi connectivity index (χ3v) is 4.80. The van der Waals surface area contributed by atoms with Gasteiger partial charge < -0.3 is 24.8 Å². The van der Waals surface area contributed by atoms with E-state index in [2.05, 4.69) is 10.6 Å². The van der Waals surface area contributed by atoms with Gasteiger partial charge in [-0.1, -0.05) is 11.6 Å². The summed E-state index contributed by atoms with van der Waals surface area (Å²) in [7, 11) is 2.93. The van der Waals surface area contributed by atoms with Gasteiger partial charge in [-0.25, -0.2) is 0 Å². The zero-order chi connectivity index (χ0) is 23.1. The topological polar surface area (TPSA) is 85.9 Å². The molecule has 8 heteroatoms. The standard InChI is InChI=1S/C24H23ClN2O5/c1-4-32-19-11-9-18(10-12-19)26-23(28)15-5-7-17(8-6-15)27-24(29)16-13-20(25)22(31-3)21(14-16)30-2/h5-14H,4H2,1-3H3,(H,26,28)(H,27,29). The summed E-state index contributed by atoms with van der Waals surface area (Å²) in [5.74, 6) is 0.805. The molecule has 32 heavy (non-hydrogen) atoms. The average molecular weight is 455 g/mol. The molecule has 0 spiro atoms. The van der Waals surface area contributed by atoms with Crippen molar-refractivity contribution >= 4 is 34.8 Å². The van der Waals surface area contributed by atoms with E-state index in [1.807, 2.05) is 6.92 Å². The number of hydrogen-bond donors (Lipinski definition) is 2. The molecule has 0 aliphatic heterocycles. The van der Waals surface area contributed by atoms with Crippen molar-refractivity contribution in [2.24, 2.45) is 0 Å². The summed E-state index contributed by atoms with van der Waals surface area (Å²) in [6, 6.07) is 16.7. The molecule has 0 saturated heterocycles. The van der Waals surface area contributed by atoms with Gasteiger partial charge in [0.25, 0.3) is 11.8 Å². The molecule has 0 radical (unpaired) electrons. The normalized spacial score (nSPS) is 10.2. The summed E-state index contributed by atoms with van der Waals surface area (Å²) in [6.45, 7) is 2.48. The van der Waals surface area contributed by atoms with Gasteiger partial charge in [0.15, 0.2) is 11.5 Å². The number of carbonyl (C=O) groups is 2. The quantitative estimate of drug-likeness (QED) is 0.485. The highest BCUT2D eigenvalue weighted by Crippen LogP contribution is 2.36. The zero-order valence-corrected chi connectivity index (χ0v) is 18.7. The van der Waals surface area contributed by atoms with Crippen molar-refractivity contribution in [3.05, 3.63) is 76.8 Å². The Bertz CT molecular complexity index is 1100. The van der Waals surface area contributed by atoms with E-state index in [9.17, 15) is 9.59 Å². The Morgan fingerprint density at radius 2 is 1.38 bits per heavy atom. The number of halogens is 1. The Morgan fingerprint density at radius 3 is 1.91 bits per heavy atom. The summed E-state index contributed by atoms with van der Waals surface area (Å²) in [5.41, 5.74) is 1.94. The molecule has 0 aliphatic rings. The molecule has 0 heterocycles. The van der Waals surface area contributed by atoms with Crippen LogP contribution in [0, 0.1) is 0 Å². The number of hydrogen-bond acceptors (Lipinski definition) is 5. The fraction of sp³-hybridized carbons (Fsp3) is 0.167. The second-order valence-corrected chi connectivity index (χ2v) is 7.04. The summed E-state index contributed by atoms with van der Waals surface area (Å²) < 4.78 is 15.8. The summed E-state index contributed by atoms with van der Waals surface area (Å²) >= 11 is 6.17. The third-order valence-electron chi connectivity index (χ3n) is 4.52. The van der Waals surface area contributed by atoms with Gasteiger partial charge in [0, 0.05) is 22.5 Å². The van der Waals surface area contributed by atoms with Crippen molar-refractivity contribution in [1.29, 1.82) is 0 Å². The highest BCUT2D eigenvalue weighted by molar-refractivity contribution is 6.32. The fourth-order valence-corrected chi connectivity index (χ4v) is 3.25. The smallest absolute Gasteiger partial charge is 0.255 e. The minimum atomic E-state index is -0.376. The van der Waals surface area contributed by atoms with Gasteiger partial charge in [-0.2, -0.15) is 0 Å². The van der Waals surface area contributed by atoms with Crippen LogP contribution >= 0.6 is 11.6 Å². The van der Waals surface area contributed by atoms with E-state index in [-0.39, 0.29) is 16.8 Å². The molecule has 0 saturated carbocycles. The lowest BCUT2D eigenvalue weighted by Crippen LogP contribution is -2.14. The number of nitrogens with one attached hydrogen (secondary N) is 2. The molecule has 2 amide bonds. The Balaban J connectivity index is 1.66. The monoisotopic (exact) mass is 454 g/mol. The third kappa shape index (κ3) is 5.50. The molecule has 0 fully saturated rings. The minimum Gasteiger partial charge on any atom is -0.494 e. The van der Waals surface area contributed by atoms with Gasteiger partial charge in [-0.15, -0.1) is 0 Å². The molecule has 0 atom stereocenters. The van der Waals surface area contributed by atoms with Crippen LogP contribution in [0.3, 0.4) is 0 Å². The van der Waals surface area contributed by atoms with Crippen molar-refractivity contribution < 1.29 is 23.8 Å². The number of carbonyl (C=O) groups excluding carboxylic acids is 2. The lowest BCUT2D eigenvalue weighted by atomic mass is 10.1. The van der Waals surface area contributed by atoms with Crippen LogP contribution < -0.4 is 24.8 Å². The van der Waals surface area contributed by atoms with Gasteiger partial charge in [0.05, 0.1) is 25.8 Å². The van der Waals surface area contributed by atoms with Gasteiger partial charge in [-0.05, 0) is 67.6 Å². The number of anilines is 2. The second-order valence-electron chi connectivity index (χ2n) is 6.64. The molecule has 3 rings (SSSR count). The highest BCUT2D eigenvalue weighted by Gasteiger charge is 2.15. The molecule has 0 aromatic heterocycles. The number of ether oxygens (including phenoxy) is 3. The van der Waals surface area contributed by atoms with Crippen LogP contribution in [0.4, 0.5) is 11.4 Å². The van der Waals surface area contributed by atoms with Crippen molar-refractivity contribution in [2.75, 3.05) is 31.5 Å². The van der Waals surface area contributed by atoms with E-state index in [4.69, 9.17) is 25.8 Å². The van der Waals surface area contributed by atoms with Crippen LogP contribution in [-0.4, -0.2) is 32.6 Å². The lowest BCUT2D eigenvalue weighted by Gasteiger charge is -2.12. The molecular formula is C24H23ClN2O5. The minimum absolute atomic E-state index is 0.262. The van der Waals surface area contributed by atoms with Crippen LogP contribution in [-0.2, 0) is 0 Å². The van der Waals surface area contributed by atoms with Crippen LogP contribution in [0.2, 0.25) is 5.02 Å². The Labute approximate surface area is 191 Å². The summed E-state index contributed by atoms with van der Waals surface area (Å²) in [5, 5.41) is 5.85. The number of amides is 2. The van der Waals surface area contributed by atoms with E-state index in [1.54, 1.807) is 54.6 Å². The van der Waals surface area contributed by atoms with Gasteiger partial charge >= 0.3 is 0 Å². The largest absolute Gasteiger partial charge is 0.494 e. The Hall–Kier alpha value is -3.71. The van der Waals surface area contributed by atoms with Crippen LogP contribution in [0.1, 0.15) is 27.6 Å². The van der Waals surface area contributed by atoms with E-state index in [1.165, 1.54) is 20.3 Å². The van der Waals surface area contributed by atoms with Crippen molar-refractivity contribution in [1.82, 2.24) is 0 Å². The molecule has 7 nitrogen and oxygen atoms in total. The van der Waals surface area contributed by atoms with Gasteiger partial charge in [-0.3, -0.25) is 9.59 Å². The maximum Gasteiger partial charge on any atom is 0.255 e. The predicted molar refractivity (Wildman–Crippen MR) is 125 cm³/mol. The molecule has 3 aromatic carbocycles. The first kappa shape index (κ1) is 23.0. The average Bonchev–Trinajstić information content (AvgIpc) is 2.80. The van der Waals surface area contributed by atoms with Crippen LogP contribution in [0.25, 0.3) is 0 Å². The van der Waals surface area contributed by atoms with Gasteiger partial charge in [0.1, 0.15) is 5.75 Å². The van der Waals surface area contributed by atoms with E-state index in [0.717, 1.165) is 5.75 Å². The number of rotatable bonds is 8.